The zero-order valence-electron chi connectivity index (χ0n) is 14.9. The summed E-state index contributed by atoms with van der Waals surface area (Å²) < 4.78 is 20.6. The van der Waals surface area contributed by atoms with Crippen LogP contribution in [0, 0.1) is 5.82 Å². The van der Waals surface area contributed by atoms with Gasteiger partial charge in [-0.25, -0.2) is 4.39 Å². The Labute approximate surface area is 153 Å². The lowest BCUT2D eigenvalue weighted by atomic mass is 10.1. The van der Waals surface area contributed by atoms with Gasteiger partial charge in [0, 0.05) is 30.8 Å². The number of H-pyrrole nitrogens is 1. The van der Waals surface area contributed by atoms with Crippen molar-refractivity contribution in [1.29, 1.82) is 0 Å². The molecule has 1 amide bonds. The molecule has 0 radical (unpaired) electrons. The lowest BCUT2D eigenvalue weighted by Gasteiger charge is -2.32. The van der Waals surface area contributed by atoms with Crippen molar-refractivity contribution in [2.24, 2.45) is 0 Å². The SMILES string of the molecule is COCc1nnc2n1[C@@H](C)CN(C(=O)c1c[nH]c3ccc(F)cc3c1=O)C2. The van der Waals surface area contributed by atoms with E-state index in [2.05, 4.69) is 15.2 Å². The van der Waals surface area contributed by atoms with E-state index in [1.54, 1.807) is 12.0 Å². The molecule has 4 rings (SSSR count). The van der Waals surface area contributed by atoms with E-state index in [9.17, 15) is 14.0 Å². The Bertz CT molecular complexity index is 1090. The van der Waals surface area contributed by atoms with Crippen molar-refractivity contribution in [3.05, 3.63) is 57.6 Å². The second kappa shape index (κ2) is 6.58. The first-order valence-corrected chi connectivity index (χ1v) is 8.51. The first-order chi connectivity index (χ1) is 13.0. The van der Waals surface area contributed by atoms with Gasteiger partial charge in [-0.2, -0.15) is 0 Å². The number of nitrogens with one attached hydrogen (secondary N) is 1. The Morgan fingerprint density at radius 1 is 1.41 bits per heavy atom. The lowest BCUT2D eigenvalue weighted by molar-refractivity contribution is 0.0673. The number of pyridine rings is 1. The normalized spacial score (nSPS) is 16.6. The Morgan fingerprint density at radius 3 is 3.00 bits per heavy atom. The van der Waals surface area contributed by atoms with Crippen molar-refractivity contribution < 1.29 is 13.9 Å². The highest BCUT2D eigenvalue weighted by Gasteiger charge is 2.30. The number of halogens is 1. The first kappa shape index (κ1) is 17.3. The number of rotatable bonds is 3. The highest BCUT2D eigenvalue weighted by atomic mass is 19.1. The summed E-state index contributed by atoms with van der Waals surface area (Å²) in [6.07, 6.45) is 1.38. The maximum Gasteiger partial charge on any atom is 0.259 e. The number of ether oxygens (including phenoxy) is 1. The first-order valence-electron chi connectivity index (χ1n) is 8.51. The van der Waals surface area contributed by atoms with Crippen molar-refractivity contribution in [1.82, 2.24) is 24.6 Å². The number of fused-ring (bicyclic) bond motifs is 2. The zero-order valence-corrected chi connectivity index (χ0v) is 14.9. The van der Waals surface area contributed by atoms with Crippen molar-refractivity contribution >= 4 is 16.8 Å². The third kappa shape index (κ3) is 2.89. The van der Waals surface area contributed by atoms with Crippen LogP contribution in [-0.2, 0) is 17.9 Å². The molecule has 8 nitrogen and oxygen atoms in total. The van der Waals surface area contributed by atoms with Crippen molar-refractivity contribution in [2.45, 2.75) is 26.1 Å². The monoisotopic (exact) mass is 371 g/mol. The number of hydrogen-bond donors (Lipinski definition) is 1. The van der Waals surface area contributed by atoms with E-state index in [1.807, 2.05) is 11.5 Å². The molecule has 2 aromatic heterocycles. The number of hydrogen-bond acceptors (Lipinski definition) is 5. The Kier molecular flexibility index (Phi) is 4.23. The van der Waals surface area contributed by atoms with Gasteiger partial charge in [0.1, 0.15) is 18.0 Å². The van der Waals surface area contributed by atoms with Gasteiger partial charge in [-0.05, 0) is 25.1 Å². The van der Waals surface area contributed by atoms with E-state index in [1.165, 1.54) is 18.3 Å². The van der Waals surface area contributed by atoms with Crippen LogP contribution in [-0.4, -0.2) is 44.2 Å². The summed E-state index contributed by atoms with van der Waals surface area (Å²) in [7, 11) is 1.58. The average Bonchev–Trinajstić information content (AvgIpc) is 3.06. The van der Waals surface area contributed by atoms with Crippen LogP contribution >= 0.6 is 0 Å². The molecule has 3 aromatic rings. The molecule has 0 unspecified atom stereocenters. The molecule has 3 heterocycles. The van der Waals surface area contributed by atoms with Crippen LogP contribution in [0.1, 0.15) is 35.0 Å². The minimum Gasteiger partial charge on any atom is -0.377 e. The number of carbonyl (C=O) groups excluding carboxylic acids is 1. The summed E-state index contributed by atoms with van der Waals surface area (Å²) in [4.78, 5) is 30.1. The van der Waals surface area contributed by atoms with Crippen LogP contribution in [0.5, 0.6) is 0 Å². The number of amides is 1. The van der Waals surface area contributed by atoms with Gasteiger partial charge in [0.2, 0.25) is 5.43 Å². The predicted octanol–water partition coefficient (Wildman–Crippen LogP) is 1.62. The van der Waals surface area contributed by atoms with Crippen molar-refractivity contribution in [3.63, 3.8) is 0 Å². The third-order valence-electron chi connectivity index (χ3n) is 4.73. The van der Waals surface area contributed by atoms with Gasteiger partial charge in [0.15, 0.2) is 11.6 Å². The molecular weight excluding hydrogens is 353 g/mol. The molecule has 0 saturated heterocycles. The van der Waals surface area contributed by atoms with Crippen LogP contribution in [0.2, 0.25) is 0 Å². The molecule has 9 heteroatoms. The smallest absolute Gasteiger partial charge is 0.259 e. The maximum absolute atomic E-state index is 13.5. The molecule has 1 atom stereocenters. The van der Waals surface area contributed by atoms with Gasteiger partial charge >= 0.3 is 0 Å². The number of carbonyl (C=O) groups is 1. The minimum absolute atomic E-state index is 0.0228. The number of nitrogens with zero attached hydrogens (tertiary/aromatic N) is 4. The zero-order chi connectivity index (χ0) is 19.1. The molecule has 1 N–H and O–H groups in total. The molecule has 27 heavy (non-hydrogen) atoms. The summed E-state index contributed by atoms with van der Waals surface area (Å²) in [5.74, 6) is 0.392. The van der Waals surface area contributed by atoms with Gasteiger partial charge in [-0.1, -0.05) is 0 Å². The molecule has 0 bridgehead atoms. The summed E-state index contributed by atoms with van der Waals surface area (Å²) in [5, 5.41) is 8.40. The van der Waals surface area contributed by atoms with E-state index in [0.717, 1.165) is 6.07 Å². The van der Waals surface area contributed by atoms with E-state index in [-0.39, 0.29) is 23.5 Å². The Balaban J connectivity index is 1.68. The highest BCUT2D eigenvalue weighted by molar-refractivity contribution is 5.97. The Morgan fingerprint density at radius 2 is 2.22 bits per heavy atom. The number of aromatic amines is 1. The van der Waals surface area contributed by atoms with Crippen molar-refractivity contribution in [2.75, 3.05) is 13.7 Å². The minimum atomic E-state index is -0.525. The van der Waals surface area contributed by atoms with Gasteiger partial charge in [-0.3, -0.25) is 9.59 Å². The van der Waals surface area contributed by atoms with E-state index in [0.29, 0.717) is 30.3 Å². The fourth-order valence-corrected chi connectivity index (χ4v) is 3.52. The van der Waals surface area contributed by atoms with E-state index >= 15 is 0 Å². The lowest BCUT2D eigenvalue weighted by Crippen LogP contribution is -2.42. The van der Waals surface area contributed by atoms with Gasteiger partial charge in [-0.15, -0.1) is 10.2 Å². The topological polar surface area (TPSA) is 93.1 Å². The quantitative estimate of drug-likeness (QED) is 0.755. The van der Waals surface area contributed by atoms with Crippen LogP contribution in [0.15, 0.2) is 29.2 Å². The second-order valence-corrected chi connectivity index (χ2v) is 6.59. The summed E-state index contributed by atoms with van der Waals surface area (Å²) in [5.41, 5.74) is -0.0349. The van der Waals surface area contributed by atoms with Crippen molar-refractivity contribution in [3.8, 4) is 0 Å². The number of aromatic nitrogens is 4. The fraction of sp³-hybridized carbons (Fsp3) is 0.333. The fourth-order valence-electron chi connectivity index (χ4n) is 3.52. The Hall–Kier alpha value is -3.07. The predicted molar refractivity (Wildman–Crippen MR) is 94.7 cm³/mol. The molecule has 0 spiro atoms. The van der Waals surface area contributed by atoms with Crippen LogP contribution in [0.4, 0.5) is 4.39 Å². The van der Waals surface area contributed by atoms with Gasteiger partial charge in [0.05, 0.1) is 12.6 Å². The maximum atomic E-state index is 13.5. The van der Waals surface area contributed by atoms with E-state index in [4.69, 9.17) is 4.74 Å². The van der Waals surface area contributed by atoms with Crippen LogP contribution < -0.4 is 5.43 Å². The molecule has 0 fully saturated rings. The molecule has 0 aliphatic carbocycles. The number of methoxy groups -OCH3 is 1. The summed E-state index contributed by atoms with van der Waals surface area (Å²) in [6, 6.07) is 3.81. The molecule has 1 aliphatic rings. The van der Waals surface area contributed by atoms with Gasteiger partial charge in [0.25, 0.3) is 5.91 Å². The third-order valence-corrected chi connectivity index (χ3v) is 4.73. The standard InChI is InChI=1S/C18H18FN5O3/c1-10-7-23(8-15-21-22-16(9-27-2)24(10)15)18(26)13-6-20-14-4-3-11(19)5-12(14)17(13)25/h3-6,10H,7-9H2,1-2H3,(H,20,25)/t10-/m0/s1. The average molecular weight is 371 g/mol. The van der Waals surface area contributed by atoms with Crippen LogP contribution in [0.3, 0.4) is 0 Å². The summed E-state index contributed by atoms with van der Waals surface area (Å²) >= 11 is 0. The highest BCUT2D eigenvalue weighted by Crippen LogP contribution is 2.23. The molecule has 0 saturated carbocycles. The molecule has 1 aromatic carbocycles. The largest absolute Gasteiger partial charge is 0.377 e. The van der Waals surface area contributed by atoms with Crippen LogP contribution in [0.25, 0.3) is 10.9 Å². The molecule has 140 valence electrons. The molecular formula is C18H18FN5O3. The molecule has 1 aliphatic heterocycles. The number of benzene rings is 1. The second-order valence-electron chi connectivity index (χ2n) is 6.59. The summed E-state index contributed by atoms with van der Waals surface area (Å²) in [6.45, 7) is 2.92. The van der Waals surface area contributed by atoms with Gasteiger partial charge < -0.3 is 19.2 Å². The van der Waals surface area contributed by atoms with E-state index < -0.39 is 17.2 Å².